The molecule has 15 heteroatoms. The minimum atomic E-state index is -4.88. The molecule has 0 saturated carbocycles. The number of nitrogens with one attached hydrogen (secondary N) is 2. The number of piperazine rings is 1. The molecule has 0 radical (unpaired) electrons. The monoisotopic (exact) mass is 625 g/mol. The highest BCUT2D eigenvalue weighted by atomic mass is 35.5. The van der Waals surface area contributed by atoms with E-state index in [9.17, 15) is 23.1 Å². The molecule has 224 valence electrons. The lowest BCUT2D eigenvalue weighted by molar-refractivity contribution is -0.206. The lowest BCUT2D eigenvalue weighted by Crippen LogP contribution is -2.53. The van der Waals surface area contributed by atoms with Gasteiger partial charge >= 0.3 is 6.18 Å². The highest BCUT2D eigenvalue weighted by Gasteiger charge is 2.41. The molecule has 42 heavy (non-hydrogen) atoms. The van der Waals surface area contributed by atoms with Crippen LogP contribution in [0.4, 0.5) is 42.0 Å². The number of benzene rings is 2. The van der Waals surface area contributed by atoms with E-state index in [1.54, 1.807) is 48.2 Å². The fourth-order valence-corrected chi connectivity index (χ4v) is 5.69. The zero-order valence-corrected chi connectivity index (χ0v) is 24.1. The summed E-state index contributed by atoms with van der Waals surface area (Å²) in [6.45, 7) is 1.89. The number of carbonyl (C=O) groups excluding carboxylic acids is 1. The fraction of sp³-hybridized carbons (Fsp3) is 0.370. The van der Waals surface area contributed by atoms with Gasteiger partial charge in [-0.15, -0.1) is 0 Å². The zero-order valence-electron chi connectivity index (χ0n) is 22.6. The van der Waals surface area contributed by atoms with Gasteiger partial charge in [0.15, 0.2) is 6.10 Å². The van der Waals surface area contributed by atoms with Gasteiger partial charge in [0.25, 0.3) is 5.91 Å². The van der Waals surface area contributed by atoms with Crippen LogP contribution >= 0.6 is 23.2 Å². The van der Waals surface area contributed by atoms with Crippen molar-refractivity contribution < 1.29 is 27.8 Å². The lowest BCUT2D eigenvalue weighted by atomic mass is 10.0. The van der Waals surface area contributed by atoms with Gasteiger partial charge in [-0.1, -0.05) is 29.3 Å². The van der Waals surface area contributed by atoms with E-state index < -0.39 is 18.2 Å². The number of nitrogens with zero attached hydrogens (tertiary/aromatic N) is 5. The van der Waals surface area contributed by atoms with Crippen LogP contribution in [0.15, 0.2) is 42.6 Å². The van der Waals surface area contributed by atoms with E-state index in [0.717, 1.165) is 0 Å². The Morgan fingerprint density at radius 3 is 2.67 bits per heavy atom. The van der Waals surface area contributed by atoms with E-state index in [0.29, 0.717) is 47.8 Å². The van der Waals surface area contributed by atoms with E-state index in [1.807, 2.05) is 0 Å². The number of anilines is 5. The number of fused-ring (bicyclic) bond motifs is 1. The number of amides is 1. The summed E-state index contributed by atoms with van der Waals surface area (Å²) in [6, 6.07) is 9.21. The van der Waals surface area contributed by atoms with Crippen LogP contribution in [-0.2, 0) is 4.74 Å². The normalized spacial score (nSPS) is 18.2. The van der Waals surface area contributed by atoms with Crippen molar-refractivity contribution in [1.29, 1.82) is 0 Å². The van der Waals surface area contributed by atoms with Crippen molar-refractivity contribution in [3.05, 3.63) is 63.8 Å². The summed E-state index contributed by atoms with van der Waals surface area (Å²) < 4.78 is 46.3. The van der Waals surface area contributed by atoms with Gasteiger partial charge in [-0.05, 0) is 30.3 Å². The first-order valence-corrected chi connectivity index (χ1v) is 13.7. The van der Waals surface area contributed by atoms with Crippen LogP contribution in [-0.4, -0.2) is 80.3 Å². The second-order valence-electron chi connectivity index (χ2n) is 9.97. The van der Waals surface area contributed by atoms with E-state index in [2.05, 4.69) is 20.6 Å². The Labute approximate surface area is 250 Å². The molecule has 10 nitrogen and oxygen atoms in total. The first-order chi connectivity index (χ1) is 20.0. The molecule has 0 aliphatic carbocycles. The third-order valence-electron chi connectivity index (χ3n) is 7.02. The molecule has 2 aliphatic rings. The number of halogens is 5. The van der Waals surface area contributed by atoms with Crippen molar-refractivity contribution in [2.75, 3.05) is 67.1 Å². The van der Waals surface area contributed by atoms with Crippen molar-refractivity contribution in [1.82, 2.24) is 15.3 Å². The molecule has 1 unspecified atom stereocenters. The molecule has 5 rings (SSSR count). The second-order valence-corrected chi connectivity index (χ2v) is 10.8. The molecular weight excluding hydrogens is 598 g/mol. The predicted octanol–water partition coefficient (Wildman–Crippen LogP) is 4.60. The number of aromatic nitrogens is 2. The number of para-hydroxylation sites is 1. The van der Waals surface area contributed by atoms with Gasteiger partial charge in [-0.25, -0.2) is 4.98 Å². The van der Waals surface area contributed by atoms with Crippen LogP contribution in [0, 0.1) is 0 Å². The number of ether oxygens (including phenoxy) is 1. The summed E-state index contributed by atoms with van der Waals surface area (Å²) in [4.78, 5) is 26.9. The van der Waals surface area contributed by atoms with Crippen LogP contribution in [0.5, 0.6) is 0 Å². The fourth-order valence-electron chi connectivity index (χ4n) is 5.08. The molecule has 2 aromatic carbocycles. The molecule has 1 amide bonds. The van der Waals surface area contributed by atoms with Gasteiger partial charge in [0.05, 0.1) is 29.0 Å². The highest BCUT2D eigenvalue weighted by molar-refractivity contribution is 6.40. The molecule has 1 saturated heterocycles. The van der Waals surface area contributed by atoms with Gasteiger partial charge in [0.2, 0.25) is 5.95 Å². The van der Waals surface area contributed by atoms with Crippen molar-refractivity contribution in [2.45, 2.75) is 18.3 Å². The second kappa shape index (κ2) is 12.1. The molecule has 1 aromatic heterocycles. The van der Waals surface area contributed by atoms with Crippen molar-refractivity contribution in [3.63, 3.8) is 0 Å². The Bertz CT molecular complexity index is 1460. The van der Waals surface area contributed by atoms with Gasteiger partial charge in [-0.2, -0.15) is 18.2 Å². The van der Waals surface area contributed by atoms with Crippen molar-refractivity contribution in [3.8, 4) is 0 Å². The summed E-state index contributed by atoms with van der Waals surface area (Å²) in [7, 11) is 3.28. The molecule has 0 spiro atoms. The molecule has 2 atom stereocenters. The first kappa shape index (κ1) is 30.1. The average Bonchev–Trinajstić information content (AvgIpc) is 2.95. The van der Waals surface area contributed by atoms with Crippen LogP contribution in [0.1, 0.15) is 22.0 Å². The quantitative estimate of drug-likeness (QED) is 0.347. The number of hydrogen-bond donors (Lipinski definition) is 3. The number of hydrogen-bond acceptors (Lipinski definition) is 9. The third-order valence-corrected chi connectivity index (χ3v) is 7.63. The summed E-state index contributed by atoms with van der Waals surface area (Å²) >= 11 is 12.7. The molecule has 3 aromatic rings. The lowest BCUT2D eigenvalue weighted by Gasteiger charge is -2.37. The largest absolute Gasteiger partial charge is 0.418 e. The minimum absolute atomic E-state index is 0.0557. The maximum atomic E-state index is 13.7. The predicted molar refractivity (Wildman–Crippen MR) is 155 cm³/mol. The molecule has 1 fully saturated rings. The van der Waals surface area contributed by atoms with Gasteiger partial charge in [-0.3, -0.25) is 9.69 Å². The van der Waals surface area contributed by atoms with Crippen LogP contribution in [0.25, 0.3) is 0 Å². The summed E-state index contributed by atoms with van der Waals surface area (Å²) in [5.41, 5.74) is 0.749. The summed E-state index contributed by atoms with van der Waals surface area (Å²) in [6.07, 6.45) is -6.26. The number of methoxy groups -OCH3 is 1. The standard InChI is InChI=1S/C27H28Cl2F3N7O3/c1-37-14-39(22-19(28)4-3-5-20(22)29)25(41)18-11-34-26(36-24(18)37)35-15-6-7-21(17(10-15)23(40)27(30,31)32)38-9-8-33-16(12-38)13-42-2/h3-7,10-11,16,23,33,40H,8-9,12-14H2,1-2H3,(H,34,35,36)/t16?,23-/m1/s1. The Morgan fingerprint density at radius 1 is 1.24 bits per heavy atom. The number of alkyl halides is 3. The Hall–Kier alpha value is -3.36. The summed E-state index contributed by atoms with van der Waals surface area (Å²) in [5.74, 6) is -0.0401. The van der Waals surface area contributed by atoms with E-state index in [-0.39, 0.29) is 41.2 Å². The average molecular weight is 626 g/mol. The molecule has 0 bridgehead atoms. The molecule has 3 N–H and O–H groups in total. The topological polar surface area (TPSA) is 106 Å². The van der Waals surface area contributed by atoms with Crippen LogP contribution < -0.4 is 25.3 Å². The van der Waals surface area contributed by atoms with Crippen LogP contribution in [0.2, 0.25) is 10.0 Å². The molecule has 2 aliphatic heterocycles. The highest BCUT2D eigenvalue weighted by Crippen LogP contribution is 2.40. The summed E-state index contributed by atoms with van der Waals surface area (Å²) in [5, 5.41) is 17.1. The van der Waals surface area contributed by atoms with Gasteiger partial charge in [0.1, 0.15) is 11.4 Å². The van der Waals surface area contributed by atoms with Crippen molar-refractivity contribution >= 4 is 57.9 Å². The number of aliphatic hydroxyl groups excluding tert-OH is 1. The molecule has 3 heterocycles. The third kappa shape index (κ3) is 6.06. The number of carbonyl (C=O) groups is 1. The maximum Gasteiger partial charge on any atom is 0.418 e. The Balaban J connectivity index is 1.43. The minimum Gasteiger partial charge on any atom is -0.383 e. The molecular formula is C27H28Cl2F3N7O3. The Morgan fingerprint density at radius 2 is 1.98 bits per heavy atom. The zero-order chi connectivity index (χ0) is 30.2. The van der Waals surface area contributed by atoms with E-state index in [4.69, 9.17) is 27.9 Å². The van der Waals surface area contributed by atoms with E-state index >= 15 is 0 Å². The van der Waals surface area contributed by atoms with Crippen LogP contribution in [0.3, 0.4) is 0 Å². The number of rotatable bonds is 7. The van der Waals surface area contributed by atoms with Gasteiger partial charge < -0.3 is 30.3 Å². The SMILES string of the molecule is COCC1CN(c2ccc(Nc3ncc4c(n3)N(C)CN(c3c(Cl)cccc3Cl)C4=O)cc2[C@@H](O)C(F)(F)F)CCN1. The Kier molecular flexibility index (Phi) is 8.67. The van der Waals surface area contributed by atoms with Gasteiger partial charge in [0, 0.05) is 63.0 Å². The van der Waals surface area contributed by atoms with Crippen molar-refractivity contribution in [2.24, 2.45) is 0 Å². The smallest absolute Gasteiger partial charge is 0.383 e. The van der Waals surface area contributed by atoms with E-state index in [1.165, 1.54) is 23.2 Å². The first-order valence-electron chi connectivity index (χ1n) is 12.9. The maximum absolute atomic E-state index is 13.7. The number of aliphatic hydroxyl groups is 1.